The van der Waals surface area contributed by atoms with Gasteiger partial charge in [0.25, 0.3) is 0 Å². The smallest absolute Gasteiger partial charge is 0.0491 e. The summed E-state index contributed by atoms with van der Waals surface area (Å²) in [5.74, 6) is 0.914. The molecule has 2 atom stereocenters. The monoisotopic (exact) mass is 276 g/mol. The molecular formula is C15H24N4O. The van der Waals surface area contributed by atoms with Crippen molar-refractivity contribution in [2.75, 3.05) is 19.8 Å². The lowest BCUT2D eigenvalue weighted by molar-refractivity contribution is 0.0955. The average molecular weight is 276 g/mol. The number of nitrogens with zero attached hydrogens (tertiary/aromatic N) is 4. The minimum atomic E-state index is 0.417. The average Bonchev–Trinajstić information content (AvgIpc) is 2.46. The van der Waals surface area contributed by atoms with Gasteiger partial charge in [0.15, 0.2) is 0 Å². The Morgan fingerprint density at radius 1 is 1.40 bits per heavy atom. The van der Waals surface area contributed by atoms with Crippen molar-refractivity contribution in [3.8, 4) is 0 Å². The zero-order valence-electron chi connectivity index (χ0n) is 12.4. The molecule has 110 valence electrons. The molecule has 1 heterocycles. The Kier molecular flexibility index (Phi) is 8.43. The molecule has 0 aliphatic carbocycles. The van der Waals surface area contributed by atoms with E-state index < -0.39 is 0 Å². The first-order valence-electron chi connectivity index (χ1n) is 7.20. The van der Waals surface area contributed by atoms with E-state index in [1.165, 1.54) is 5.56 Å². The van der Waals surface area contributed by atoms with Gasteiger partial charge in [-0.3, -0.25) is 4.98 Å². The molecule has 0 radical (unpaired) electrons. The van der Waals surface area contributed by atoms with Gasteiger partial charge in [-0.05, 0) is 48.3 Å². The van der Waals surface area contributed by atoms with Gasteiger partial charge in [0.1, 0.15) is 0 Å². The number of hydrogen-bond acceptors (Lipinski definition) is 3. The summed E-state index contributed by atoms with van der Waals surface area (Å²) in [4.78, 5) is 6.88. The highest BCUT2D eigenvalue weighted by Crippen LogP contribution is 2.13. The van der Waals surface area contributed by atoms with Crippen molar-refractivity contribution in [3.05, 3.63) is 40.5 Å². The number of aryl methyl sites for hydroxylation is 1. The highest BCUT2D eigenvalue weighted by atomic mass is 16.5. The Morgan fingerprint density at radius 2 is 2.25 bits per heavy atom. The first kappa shape index (κ1) is 16.5. The Bertz CT molecular complexity index is 404. The molecule has 0 saturated heterocycles. The van der Waals surface area contributed by atoms with Gasteiger partial charge in [-0.2, -0.15) is 0 Å². The van der Waals surface area contributed by atoms with Gasteiger partial charge in [-0.25, -0.2) is 0 Å². The van der Waals surface area contributed by atoms with Crippen molar-refractivity contribution in [3.63, 3.8) is 0 Å². The van der Waals surface area contributed by atoms with E-state index in [0.717, 1.165) is 32.5 Å². The summed E-state index contributed by atoms with van der Waals surface area (Å²) in [5, 5.41) is 3.60. The molecule has 0 N–H and O–H groups in total. The van der Waals surface area contributed by atoms with Crippen LogP contribution in [-0.2, 0) is 11.2 Å². The predicted octanol–water partition coefficient (Wildman–Crippen LogP) is 4.00. The van der Waals surface area contributed by atoms with Crippen LogP contribution in [0.25, 0.3) is 10.4 Å². The van der Waals surface area contributed by atoms with Crippen molar-refractivity contribution >= 4 is 0 Å². The molecule has 5 heteroatoms. The van der Waals surface area contributed by atoms with Gasteiger partial charge >= 0.3 is 0 Å². The summed E-state index contributed by atoms with van der Waals surface area (Å²) < 4.78 is 5.70. The van der Waals surface area contributed by atoms with Crippen molar-refractivity contribution in [2.24, 2.45) is 17.0 Å². The van der Waals surface area contributed by atoms with Crippen molar-refractivity contribution in [1.29, 1.82) is 0 Å². The van der Waals surface area contributed by atoms with E-state index in [-0.39, 0.29) is 0 Å². The SMILES string of the molecule is CC(CN=[N+]=[N-])CC(C)COCCCc1cccnc1. The highest BCUT2D eigenvalue weighted by Gasteiger charge is 2.08. The van der Waals surface area contributed by atoms with E-state index in [1.807, 2.05) is 12.3 Å². The maximum Gasteiger partial charge on any atom is 0.0491 e. The third-order valence-electron chi connectivity index (χ3n) is 3.14. The van der Waals surface area contributed by atoms with Gasteiger partial charge in [-0.1, -0.05) is 25.0 Å². The number of aromatic nitrogens is 1. The summed E-state index contributed by atoms with van der Waals surface area (Å²) in [6, 6.07) is 4.05. The maximum atomic E-state index is 8.27. The molecule has 0 aliphatic rings. The summed E-state index contributed by atoms with van der Waals surface area (Å²) in [7, 11) is 0. The summed E-state index contributed by atoms with van der Waals surface area (Å²) in [6.45, 7) is 6.40. The normalized spacial score (nSPS) is 13.5. The Labute approximate surface area is 121 Å². The van der Waals surface area contributed by atoms with Crippen molar-refractivity contribution < 1.29 is 4.74 Å². The van der Waals surface area contributed by atoms with E-state index in [9.17, 15) is 0 Å². The first-order chi connectivity index (χ1) is 9.72. The number of ether oxygens (including phenoxy) is 1. The number of pyridine rings is 1. The van der Waals surface area contributed by atoms with Crippen LogP contribution in [0, 0.1) is 11.8 Å². The van der Waals surface area contributed by atoms with Crippen molar-refractivity contribution in [1.82, 2.24) is 4.98 Å². The molecule has 0 aliphatic heterocycles. The van der Waals surface area contributed by atoms with Crippen LogP contribution >= 0.6 is 0 Å². The van der Waals surface area contributed by atoms with E-state index in [1.54, 1.807) is 6.20 Å². The van der Waals surface area contributed by atoms with Gasteiger partial charge < -0.3 is 4.74 Å². The molecule has 0 fully saturated rings. The number of azide groups is 1. The van der Waals surface area contributed by atoms with Crippen LogP contribution in [0.15, 0.2) is 29.6 Å². The predicted molar refractivity (Wildman–Crippen MR) is 80.3 cm³/mol. The fourth-order valence-corrected chi connectivity index (χ4v) is 2.21. The standard InChI is InChI=1S/C15H24N4O/c1-13(10-18-19-16)9-14(2)12-20-8-4-6-15-5-3-7-17-11-15/h3,5,7,11,13-14H,4,6,8-10,12H2,1-2H3. The van der Waals surface area contributed by atoms with Gasteiger partial charge in [0, 0.05) is 37.1 Å². The Balaban J connectivity index is 2.04. The molecular weight excluding hydrogens is 252 g/mol. The molecule has 0 amide bonds. The second kappa shape index (κ2) is 10.2. The van der Waals surface area contributed by atoms with Gasteiger partial charge in [0.05, 0.1) is 0 Å². The molecule has 5 nitrogen and oxygen atoms in total. The lowest BCUT2D eigenvalue weighted by Crippen LogP contribution is -2.12. The minimum absolute atomic E-state index is 0.417. The van der Waals surface area contributed by atoms with Crippen LogP contribution in [0.5, 0.6) is 0 Å². The van der Waals surface area contributed by atoms with Crippen LogP contribution in [0.1, 0.15) is 32.3 Å². The summed E-state index contributed by atoms with van der Waals surface area (Å²) >= 11 is 0. The van der Waals surface area contributed by atoms with E-state index in [4.69, 9.17) is 10.3 Å². The molecule has 2 unspecified atom stereocenters. The Morgan fingerprint density at radius 3 is 2.95 bits per heavy atom. The molecule has 20 heavy (non-hydrogen) atoms. The third-order valence-corrected chi connectivity index (χ3v) is 3.14. The highest BCUT2D eigenvalue weighted by molar-refractivity contribution is 5.08. The molecule has 0 bridgehead atoms. The third kappa shape index (κ3) is 7.77. The summed E-state index contributed by atoms with van der Waals surface area (Å²) in [6.07, 6.45) is 6.75. The first-order valence-corrected chi connectivity index (χ1v) is 7.20. The quantitative estimate of drug-likeness (QED) is 0.280. The van der Waals surface area contributed by atoms with Gasteiger partial charge in [0.2, 0.25) is 0 Å². The molecule has 0 spiro atoms. The second-order valence-corrected chi connectivity index (χ2v) is 5.40. The van der Waals surface area contributed by atoms with Gasteiger partial charge in [-0.15, -0.1) is 0 Å². The van der Waals surface area contributed by atoms with E-state index in [0.29, 0.717) is 18.4 Å². The number of rotatable bonds is 10. The molecule has 0 saturated carbocycles. The number of hydrogen-bond donors (Lipinski definition) is 0. The van der Waals surface area contributed by atoms with Crippen molar-refractivity contribution in [2.45, 2.75) is 33.1 Å². The van der Waals surface area contributed by atoms with Crippen LogP contribution in [-0.4, -0.2) is 24.7 Å². The lowest BCUT2D eigenvalue weighted by Gasteiger charge is -2.15. The van der Waals surface area contributed by atoms with E-state index in [2.05, 4.69) is 34.9 Å². The zero-order chi connectivity index (χ0) is 14.6. The Hall–Kier alpha value is -1.58. The topological polar surface area (TPSA) is 70.9 Å². The molecule has 0 aromatic carbocycles. The zero-order valence-corrected chi connectivity index (χ0v) is 12.4. The van der Waals surface area contributed by atoms with Crippen LogP contribution in [0.4, 0.5) is 0 Å². The van der Waals surface area contributed by atoms with Crippen LogP contribution < -0.4 is 0 Å². The summed E-state index contributed by atoms with van der Waals surface area (Å²) in [5.41, 5.74) is 9.53. The largest absolute Gasteiger partial charge is 0.381 e. The maximum absolute atomic E-state index is 8.27. The van der Waals surface area contributed by atoms with Crippen LogP contribution in [0.3, 0.4) is 0 Å². The van der Waals surface area contributed by atoms with E-state index >= 15 is 0 Å². The lowest BCUT2D eigenvalue weighted by atomic mass is 9.98. The molecule has 1 rings (SSSR count). The second-order valence-electron chi connectivity index (χ2n) is 5.40. The molecule has 1 aromatic heterocycles. The minimum Gasteiger partial charge on any atom is -0.381 e. The fraction of sp³-hybridized carbons (Fsp3) is 0.667. The van der Waals surface area contributed by atoms with Crippen LogP contribution in [0.2, 0.25) is 0 Å². The molecule has 1 aromatic rings. The fourth-order valence-electron chi connectivity index (χ4n) is 2.21.